The van der Waals surface area contributed by atoms with Crippen molar-refractivity contribution in [2.24, 2.45) is 0 Å². The zero-order valence-electron chi connectivity index (χ0n) is 11.5. The first-order chi connectivity index (χ1) is 8.61. The van der Waals surface area contributed by atoms with Gasteiger partial charge < -0.3 is 0 Å². The summed E-state index contributed by atoms with van der Waals surface area (Å²) in [6.07, 6.45) is 2.90. The van der Waals surface area contributed by atoms with Crippen LogP contribution in [0.25, 0.3) is 11.4 Å². The Balaban J connectivity index is 2.46. The topological polar surface area (TPSA) is 43.6 Å². The van der Waals surface area contributed by atoms with Crippen molar-refractivity contribution in [2.45, 2.75) is 46.6 Å². The Hall–Kier alpha value is -1.71. The smallest absolute Gasteiger partial charge is 0.126 e. The zero-order valence-corrected chi connectivity index (χ0v) is 11.5. The molecule has 18 heavy (non-hydrogen) atoms. The van der Waals surface area contributed by atoms with Crippen LogP contribution in [0.3, 0.4) is 0 Å². The maximum atomic E-state index is 4.53. The molecule has 96 valence electrons. The maximum Gasteiger partial charge on any atom is 0.126 e. The zero-order chi connectivity index (χ0) is 13.1. The highest BCUT2D eigenvalue weighted by Gasteiger charge is 2.10. The SMILES string of the molecule is CCCn1nccc1-c1cc(C(C)C)nc(C)n1. The van der Waals surface area contributed by atoms with Crippen LogP contribution < -0.4 is 0 Å². The van der Waals surface area contributed by atoms with Gasteiger partial charge >= 0.3 is 0 Å². The molecule has 0 saturated carbocycles. The molecule has 0 saturated heterocycles. The molecule has 2 aromatic rings. The van der Waals surface area contributed by atoms with E-state index in [1.54, 1.807) is 0 Å². The molecule has 0 fully saturated rings. The standard InChI is InChI=1S/C14H20N4/c1-5-8-18-14(6-7-15-18)13-9-12(10(2)3)16-11(4)17-13/h6-7,9-10H,5,8H2,1-4H3. The van der Waals surface area contributed by atoms with Gasteiger partial charge in [-0.15, -0.1) is 0 Å². The molecule has 0 aliphatic rings. The largest absolute Gasteiger partial charge is 0.263 e. The van der Waals surface area contributed by atoms with E-state index in [0.29, 0.717) is 5.92 Å². The summed E-state index contributed by atoms with van der Waals surface area (Å²) >= 11 is 0. The van der Waals surface area contributed by atoms with Crippen molar-refractivity contribution in [3.8, 4) is 11.4 Å². The summed E-state index contributed by atoms with van der Waals surface area (Å²) in [6.45, 7) is 9.30. The third kappa shape index (κ3) is 2.58. The van der Waals surface area contributed by atoms with Gasteiger partial charge in [0.25, 0.3) is 0 Å². The minimum atomic E-state index is 0.410. The molecule has 0 unspecified atom stereocenters. The van der Waals surface area contributed by atoms with Crippen LogP contribution in [0.4, 0.5) is 0 Å². The average Bonchev–Trinajstić information content (AvgIpc) is 2.77. The van der Waals surface area contributed by atoms with Crippen molar-refractivity contribution < 1.29 is 0 Å². The second-order valence-corrected chi connectivity index (χ2v) is 4.82. The van der Waals surface area contributed by atoms with Crippen LogP contribution >= 0.6 is 0 Å². The number of aryl methyl sites for hydroxylation is 2. The molecule has 0 amide bonds. The Labute approximate surface area is 108 Å². The predicted molar refractivity (Wildman–Crippen MR) is 72.4 cm³/mol. The van der Waals surface area contributed by atoms with Crippen LogP contribution in [-0.4, -0.2) is 19.7 Å². The van der Waals surface area contributed by atoms with Gasteiger partial charge in [-0.3, -0.25) is 4.68 Å². The fraction of sp³-hybridized carbons (Fsp3) is 0.500. The third-order valence-corrected chi connectivity index (χ3v) is 2.86. The quantitative estimate of drug-likeness (QED) is 0.829. The molecule has 2 heterocycles. The van der Waals surface area contributed by atoms with Crippen LogP contribution in [0.5, 0.6) is 0 Å². The molecule has 0 spiro atoms. The number of aromatic nitrogens is 4. The average molecular weight is 244 g/mol. The van der Waals surface area contributed by atoms with E-state index < -0.39 is 0 Å². The van der Waals surface area contributed by atoms with Gasteiger partial charge in [-0.25, -0.2) is 9.97 Å². The summed E-state index contributed by atoms with van der Waals surface area (Å²) in [5.74, 6) is 1.23. The summed E-state index contributed by atoms with van der Waals surface area (Å²) < 4.78 is 2.01. The third-order valence-electron chi connectivity index (χ3n) is 2.86. The Kier molecular flexibility index (Phi) is 3.75. The van der Waals surface area contributed by atoms with Crippen LogP contribution in [-0.2, 0) is 6.54 Å². The predicted octanol–water partition coefficient (Wildman–Crippen LogP) is 3.18. The van der Waals surface area contributed by atoms with Gasteiger partial charge in [0.05, 0.1) is 11.4 Å². The fourth-order valence-electron chi connectivity index (χ4n) is 1.96. The number of hydrogen-bond acceptors (Lipinski definition) is 3. The maximum absolute atomic E-state index is 4.53. The first-order valence-corrected chi connectivity index (χ1v) is 6.49. The number of rotatable bonds is 4. The van der Waals surface area contributed by atoms with Crippen molar-refractivity contribution in [3.63, 3.8) is 0 Å². The highest BCUT2D eigenvalue weighted by Crippen LogP contribution is 2.21. The van der Waals surface area contributed by atoms with Crippen molar-refractivity contribution >= 4 is 0 Å². The van der Waals surface area contributed by atoms with Gasteiger partial charge in [-0.1, -0.05) is 20.8 Å². The van der Waals surface area contributed by atoms with Crippen molar-refractivity contribution in [2.75, 3.05) is 0 Å². The Bertz CT molecular complexity index is 528. The summed E-state index contributed by atoms with van der Waals surface area (Å²) in [4.78, 5) is 9.01. The molecule has 2 rings (SSSR count). The summed E-state index contributed by atoms with van der Waals surface area (Å²) in [5, 5.41) is 4.34. The van der Waals surface area contributed by atoms with Gasteiger partial charge in [0.2, 0.25) is 0 Å². The summed E-state index contributed by atoms with van der Waals surface area (Å²) in [6, 6.07) is 4.09. The highest BCUT2D eigenvalue weighted by atomic mass is 15.3. The summed E-state index contributed by atoms with van der Waals surface area (Å²) in [5.41, 5.74) is 3.13. The van der Waals surface area contributed by atoms with Crippen LogP contribution in [0.1, 0.15) is 44.6 Å². The molecule has 0 aliphatic heterocycles. The van der Waals surface area contributed by atoms with Crippen LogP contribution in [0, 0.1) is 6.92 Å². The van der Waals surface area contributed by atoms with Gasteiger partial charge in [0, 0.05) is 18.4 Å². The van der Waals surface area contributed by atoms with E-state index in [-0.39, 0.29) is 0 Å². The van der Waals surface area contributed by atoms with E-state index in [0.717, 1.165) is 35.9 Å². The van der Waals surface area contributed by atoms with E-state index in [4.69, 9.17) is 0 Å². The number of nitrogens with zero attached hydrogens (tertiary/aromatic N) is 4. The lowest BCUT2D eigenvalue weighted by atomic mass is 10.1. The van der Waals surface area contributed by atoms with E-state index in [9.17, 15) is 0 Å². The normalized spacial score (nSPS) is 11.2. The molecular formula is C14H20N4. The second-order valence-electron chi connectivity index (χ2n) is 4.82. The van der Waals surface area contributed by atoms with E-state index in [1.165, 1.54) is 0 Å². The van der Waals surface area contributed by atoms with Gasteiger partial charge in [0.15, 0.2) is 0 Å². The molecule has 2 aromatic heterocycles. The molecule has 4 nitrogen and oxygen atoms in total. The molecule has 4 heteroatoms. The van der Waals surface area contributed by atoms with Crippen LogP contribution in [0.15, 0.2) is 18.3 Å². The lowest BCUT2D eigenvalue weighted by Crippen LogP contribution is -2.05. The van der Waals surface area contributed by atoms with Crippen molar-refractivity contribution in [1.82, 2.24) is 19.7 Å². The lowest BCUT2D eigenvalue weighted by molar-refractivity contribution is 0.607. The molecule has 0 bridgehead atoms. The number of hydrogen-bond donors (Lipinski definition) is 0. The minimum Gasteiger partial charge on any atom is -0.263 e. The lowest BCUT2D eigenvalue weighted by Gasteiger charge is -2.10. The van der Waals surface area contributed by atoms with Gasteiger partial charge in [-0.05, 0) is 31.4 Å². The Morgan fingerprint density at radius 2 is 2.06 bits per heavy atom. The van der Waals surface area contributed by atoms with Crippen molar-refractivity contribution in [1.29, 1.82) is 0 Å². The van der Waals surface area contributed by atoms with Gasteiger partial charge in [-0.2, -0.15) is 5.10 Å². The second kappa shape index (κ2) is 5.29. The minimum absolute atomic E-state index is 0.410. The Morgan fingerprint density at radius 1 is 1.28 bits per heavy atom. The molecule has 0 radical (unpaired) electrons. The van der Waals surface area contributed by atoms with E-state index in [1.807, 2.05) is 23.9 Å². The van der Waals surface area contributed by atoms with Crippen molar-refractivity contribution in [3.05, 3.63) is 29.8 Å². The molecule has 0 aromatic carbocycles. The van der Waals surface area contributed by atoms with Gasteiger partial charge in [0.1, 0.15) is 5.82 Å². The summed E-state index contributed by atoms with van der Waals surface area (Å²) in [7, 11) is 0. The van der Waals surface area contributed by atoms with E-state index >= 15 is 0 Å². The van der Waals surface area contributed by atoms with Crippen LogP contribution in [0.2, 0.25) is 0 Å². The monoisotopic (exact) mass is 244 g/mol. The molecule has 0 aliphatic carbocycles. The molecule has 0 N–H and O–H groups in total. The first-order valence-electron chi connectivity index (χ1n) is 6.49. The highest BCUT2D eigenvalue weighted by molar-refractivity contribution is 5.54. The molecular weight excluding hydrogens is 224 g/mol. The first kappa shape index (κ1) is 12.7. The molecule has 0 atom stereocenters. The van der Waals surface area contributed by atoms with E-state index in [2.05, 4.69) is 41.9 Å². The Morgan fingerprint density at radius 3 is 2.72 bits per heavy atom. The fourth-order valence-corrected chi connectivity index (χ4v) is 1.96.